The highest BCUT2D eigenvalue weighted by Crippen LogP contribution is 2.48. The Hall–Kier alpha value is -3.05. The maximum atomic E-state index is 14.0. The first-order valence-corrected chi connectivity index (χ1v) is 14.9. The Labute approximate surface area is 237 Å². The number of halogens is 1. The van der Waals surface area contributed by atoms with Gasteiger partial charge in [-0.25, -0.2) is 0 Å². The fourth-order valence-electron chi connectivity index (χ4n) is 6.11. The standard InChI is InChI=1S/C33H40ClN3O2/c1-2-19-36(33(39)30-21-29(30)25-12-5-3-6-13-25)24-32(38)37(27-15-7-4-8-16-27)23-28-17-11-20-35(28)22-26-14-9-10-18-31(26)34/h3,5-6,9-14,17-18,20,27,29-30H,2,4,7-8,15-16,19,21-24H2,1H3. The normalized spacial score (nSPS) is 19.0. The summed E-state index contributed by atoms with van der Waals surface area (Å²) in [6, 6.07) is 22.6. The molecule has 0 saturated heterocycles. The summed E-state index contributed by atoms with van der Waals surface area (Å²) in [6.07, 6.45) is 9.34. The van der Waals surface area contributed by atoms with Gasteiger partial charge in [-0.2, -0.15) is 0 Å². The molecule has 1 heterocycles. The molecule has 5 nitrogen and oxygen atoms in total. The Morgan fingerprint density at radius 3 is 2.44 bits per heavy atom. The molecule has 0 N–H and O–H groups in total. The number of nitrogens with zero attached hydrogens (tertiary/aromatic N) is 3. The summed E-state index contributed by atoms with van der Waals surface area (Å²) in [6.45, 7) is 4.06. The predicted molar refractivity (Wildman–Crippen MR) is 157 cm³/mol. The Kier molecular flexibility index (Phi) is 9.08. The molecule has 2 aliphatic rings. The van der Waals surface area contributed by atoms with E-state index in [9.17, 15) is 9.59 Å². The van der Waals surface area contributed by atoms with Crippen molar-refractivity contribution in [2.45, 2.75) is 76.9 Å². The van der Waals surface area contributed by atoms with Crippen LogP contribution in [-0.2, 0) is 22.7 Å². The van der Waals surface area contributed by atoms with E-state index in [-0.39, 0.29) is 36.2 Å². The van der Waals surface area contributed by atoms with Crippen LogP contribution in [0.4, 0.5) is 0 Å². The molecule has 0 radical (unpaired) electrons. The van der Waals surface area contributed by atoms with Crippen LogP contribution in [0, 0.1) is 5.92 Å². The first kappa shape index (κ1) is 27.5. The molecule has 2 amide bonds. The highest BCUT2D eigenvalue weighted by molar-refractivity contribution is 6.31. The van der Waals surface area contributed by atoms with Crippen molar-refractivity contribution in [2.75, 3.05) is 13.1 Å². The molecule has 2 unspecified atom stereocenters. The van der Waals surface area contributed by atoms with Gasteiger partial charge in [0.1, 0.15) is 0 Å². The minimum atomic E-state index is -0.0114. The van der Waals surface area contributed by atoms with Gasteiger partial charge in [0.15, 0.2) is 0 Å². The van der Waals surface area contributed by atoms with E-state index in [2.05, 4.69) is 40.8 Å². The number of hydrogen-bond acceptors (Lipinski definition) is 2. The molecule has 1 aromatic heterocycles. The summed E-state index contributed by atoms with van der Waals surface area (Å²) in [5.41, 5.74) is 3.37. The van der Waals surface area contributed by atoms with Crippen molar-refractivity contribution in [1.29, 1.82) is 0 Å². The number of carbonyl (C=O) groups is 2. The van der Waals surface area contributed by atoms with Crippen molar-refractivity contribution in [3.05, 3.63) is 94.8 Å². The number of benzene rings is 2. The second-order valence-electron chi connectivity index (χ2n) is 11.2. The smallest absolute Gasteiger partial charge is 0.242 e. The van der Waals surface area contributed by atoms with Crippen molar-refractivity contribution in [2.24, 2.45) is 5.92 Å². The molecule has 0 bridgehead atoms. The fourth-order valence-corrected chi connectivity index (χ4v) is 6.30. The largest absolute Gasteiger partial charge is 0.345 e. The van der Waals surface area contributed by atoms with Crippen LogP contribution in [0.25, 0.3) is 0 Å². The zero-order valence-electron chi connectivity index (χ0n) is 23.0. The molecule has 2 saturated carbocycles. The number of amides is 2. The first-order chi connectivity index (χ1) is 19.0. The zero-order chi connectivity index (χ0) is 27.2. The summed E-state index contributed by atoms with van der Waals surface area (Å²) in [7, 11) is 0. The lowest BCUT2D eigenvalue weighted by Crippen LogP contribution is -2.48. The Bertz CT molecular complexity index is 1250. The van der Waals surface area contributed by atoms with E-state index >= 15 is 0 Å². The molecule has 5 rings (SSSR count). The number of rotatable bonds is 11. The minimum absolute atomic E-state index is 0.0114. The quantitative estimate of drug-likeness (QED) is 0.263. The lowest BCUT2D eigenvalue weighted by molar-refractivity contribution is -0.143. The maximum absolute atomic E-state index is 14.0. The highest BCUT2D eigenvalue weighted by Gasteiger charge is 2.46. The number of aromatic nitrogens is 1. The lowest BCUT2D eigenvalue weighted by atomic mass is 9.94. The minimum Gasteiger partial charge on any atom is -0.345 e. The Morgan fingerprint density at radius 1 is 0.949 bits per heavy atom. The zero-order valence-corrected chi connectivity index (χ0v) is 23.7. The van der Waals surface area contributed by atoms with Crippen LogP contribution in [0.5, 0.6) is 0 Å². The summed E-state index contributed by atoms with van der Waals surface area (Å²) in [5, 5.41) is 0.750. The van der Waals surface area contributed by atoms with Crippen LogP contribution in [0.3, 0.4) is 0 Å². The monoisotopic (exact) mass is 545 g/mol. The van der Waals surface area contributed by atoms with Crippen LogP contribution in [-0.4, -0.2) is 45.3 Å². The van der Waals surface area contributed by atoms with Crippen LogP contribution in [0.15, 0.2) is 72.9 Å². The van der Waals surface area contributed by atoms with Crippen LogP contribution < -0.4 is 0 Å². The highest BCUT2D eigenvalue weighted by atomic mass is 35.5. The van der Waals surface area contributed by atoms with Crippen LogP contribution in [0.2, 0.25) is 5.02 Å². The van der Waals surface area contributed by atoms with Gasteiger partial charge in [0.25, 0.3) is 0 Å². The Balaban J connectivity index is 1.31. The van der Waals surface area contributed by atoms with E-state index < -0.39 is 0 Å². The third-order valence-corrected chi connectivity index (χ3v) is 8.73. The van der Waals surface area contributed by atoms with Gasteiger partial charge >= 0.3 is 0 Å². The summed E-state index contributed by atoms with van der Waals surface area (Å²) in [4.78, 5) is 31.4. The van der Waals surface area contributed by atoms with E-state index in [4.69, 9.17) is 11.6 Å². The molecule has 2 aromatic carbocycles. The predicted octanol–water partition coefficient (Wildman–Crippen LogP) is 6.89. The maximum Gasteiger partial charge on any atom is 0.242 e. The van der Waals surface area contributed by atoms with E-state index in [0.717, 1.165) is 54.8 Å². The average molecular weight is 546 g/mol. The van der Waals surface area contributed by atoms with Crippen molar-refractivity contribution in [1.82, 2.24) is 14.4 Å². The third-order valence-electron chi connectivity index (χ3n) is 8.36. The molecule has 3 aromatic rings. The van der Waals surface area contributed by atoms with Gasteiger partial charge in [0, 0.05) is 42.0 Å². The number of carbonyl (C=O) groups excluding carboxylic acids is 2. The SMILES string of the molecule is CCCN(CC(=O)N(Cc1cccn1Cc1ccccc1Cl)C1CCCCC1)C(=O)C1CC1c1ccccc1. The lowest BCUT2D eigenvalue weighted by Gasteiger charge is -2.36. The second kappa shape index (κ2) is 12.9. The summed E-state index contributed by atoms with van der Waals surface area (Å²) < 4.78 is 2.19. The molecule has 6 heteroatoms. The third kappa shape index (κ3) is 6.75. The van der Waals surface area contributed by atoms with Gasteiger partial charge in [0.2, 0.25) is 11.8 Å². The van der Waals surface area contributed by atoms with E-state index in [1.54, 1.807) is 0 Å². The van der Waals surface area contributed by atoms with Crippen LogP contribution >= 0.6 is 11.6 Å². The van der Waals surface area contributed by atoms with Crippen molar-refractivity contribution < 1.29 is 9.59 Å². The molecule has 206 valence electrons. The van der Waals surface area contributed by atoms with Gasteiger partial charge in [-0.3, -0.25) is 9.59 Å². The molecule has 2 fully saturated rings. The molecule has 2 aliphatic carbocycles. The molecular weight excluding hydrogens is 506 g/mol. The topological polar surface area (TPSA) is 45.6 Å². The van der Waals surface area contributed by atoms with Crippen LogP contribution in [0.1, 0.15) is 74.6 Å². The summed E-state index contributed by atoms with van der Waals surface area (Å²) in [5.74, 6) is 0.453. The van der Waals surface area contributed by atoms with E-state index in [1.807, 2.05) is 53.4 Å². The van der Waals surface area contributed by atoms with Gasteiger partial charge in [-0.05, 0) is 60.9 Å². The van der Waals surface area contributed by atoms with Gasteiger partial charge in [0.05, 0.1) is 13.1 Å². The van der Waals surface area contributed by atoms with E-state index in [0.29, 0.717) is 19.6 Å². The van der Waals surface area contributed by atoms with Crippen molar-refractivity contribution in [3.8, 4) is 0 Å². The van der Waals surface area contributed by atoms with Gasteiger partial charge in [-0.1, -0.05) is 86.3 Å². The van der Waals surface area contributed by atoms with Crippen molar-refractivity contribution >= 4 is 23.4 Å². The molecule has 39 heavy (non-hydrogen) atoms. The second-order valence-corrected chi connectivity index (χ2v) is 11.6. The number of hydrogen-bond donors (Lipinski definition) is 0. The molecular formula is C33H40ClN3O2. The first-order valence-electron chi connectivity index (χ1n) is 14.6. The summed E-state index contributed by atoms with van der Waals surface area (Å²) >= 11 is 6.45. The molecule has 0 spiro atoms. The van der Waals surface area contributed by atoms with Gasteiger partial charge < -0.3 is 14.4 Å². The molecule has 2 atom stereocenters. The average Bonchev–Trinajstić information content (AvgIpc) is 3.65. The van der Waals surface area contributed by atoms with E-state index in [1.165, 1.54) is 12.0 Å². The molecule has 0 aliphatic heterocycles. The Morgan fingerprint density at radius 2 is 1.69 bits per heavy atom. The van der Waals surface area contributed by atoms with Gasteiger partial charge in [-0.15, -0.1) is 0 Å². The van der Waals surface area contributed by atoms with Crippen molar-refractivity contribution in [3.63, 3.8) is 0 Å². The fraction of sp³-hybridized carbons (Fsp3) is 0.455.